The second-order valence-corrected chi connectivity index (χ2v) is 5.53. The second-order valence-electron chi connectivity index (χ2n) is 5.53. The van der Waals surface area contributed by atoms with Crippen LogP contribution in [0.5, 0.6) is 5.75 Å². The first-order valence-corrected chi connectivity index (χ1v) is 7.23. The number of rotatable bonds is 5. The minimum Gasteiger partial charge on any atom is -0.405 e. The van der Waals surface area contributed by atoms with Gasteiger partial charge in [-0.15, -0.1) is 13.2 Å². The fourth-order valence-corrected chi connectivity index (χ4v) is 2.36. The van der Waals surface area contributed by atoms with Crippen molar-refractivity contribution in [3.63, 3.8) is 0 Å². The Morgan fingerprint density at radius 1 is 0.880 bits per heavy atom. The summed E-state index contributed by atoms with van der Waals surface area (Å²) in [6.07, 6.45) is -9.25. The van der Waals surface area contributed by atoms with Gasteiger partial charge in [0, 0.05) is 18.7 Å². The van der Waals surface area contributed by atoms with Crippen LogP contribution in [0.3, 0.4) is 0 Å². The molecule has 2 aromatic rings. The molecule has 0 heterocycles. The highest BCUT2D eigenvalue weighted by Gasteiger charge is 2.32. The summed E-state index contributed by atoms with van der Waals surface area (Å²) in [5, 5.41) is 0. The number of benzene rings is 2. The standard InChI is InChI=1S/C17H15F6NO/c1-24(10-12-5-4-7-14(9-12)16(18,19)20)11-13-6-2-3-8-15(13)25-17(21,22)23/h2-9H,10-11H2,1H3. The SMILES string of the molecule is CN(Cc1cccc(C(F)(F)F)c1)Cc1ccccc1OC(F)(F)F. The van der Waals surface area contributed by atoms with Gasteiger partial charge >= 0.3 is 12.5 Å². The van der Waals surface area contributed by atoms with Gasteiger partial charge in [0.25, 0.3) is 0 Å². The Hall–Kier alpha value is -2.22. The molecule has 2 nitrogen and oxygen atoms in total. The van der Waals surface area contributed by atoms with Gasteiger partial charge < -0.3 is 4.74 Å². The highest BCUT2D eigenvalue weighted by Crippen LogP contribution is 2.30. The summed E-state index contributed by atoms with van der Waals surface area (Å²) >= 11 is 0. The van der Waals surface area contributed by atoms with Gasteiger partial charge in [-0.05, 0) is 24.7 Å². The van der Waals surface area contributed by atoms with Crippen molar-refractivity contribution in [2.24, 2.45) is 0 Å². The van der Waals surface area contributed by atoms with Crippen LogP contribution in [0.25, 0.3) is 0 Å². The Morgan fingerprint density at radius 2 is 1.56 bits per heavy atom. The molecule has 0 radical (unpaired) electrons. The highest BCUT2D eigenvalue weighted by molar-refractivity contribution is 5.33. The van der Waals surface area contributed by atoms with E-state index in [4.69, 9.17) is 0 Å². The lowest BCUT2D eigenvalue weighted by molar-refractivity contribution is -0.275. The Balaban J connectivity index is 2.10. The lowest BCUT2D eigenvalue weighted by atomic mass is 10.1. The second kappa shape index (κ2) is 7.35. The third-order valence-corrected chi connectivity index (χ3v) is 3.35. The van der Waals surface area contributed by atoms with Crippen molar-refractivity contribution in [2.75, 3.05) is 7.05 Å². The van der Waals surface area contributed by atoms with E-state index in [9.17, 15) is 26.3 Å². The lowest BCUT2D eigenvalue weighted by Gasteiger charge is -2.20. The maximum atomic E-state index is 12.7. The van der Waals surface area contributed by atoms with Gasteiger partial charge in [-0.1, -0.05) is 36.4 Å². The number of para-hydroxylation sites is 1. The fourth-order valence-electron chi connectivity index (χ4n) is 2.36. The molecule has 0 aliphatic carbocycles. The van der Waals surface area contributed by atoms with Gasteiger partial charge in [-0.2, -0.15) is 13.2 Å². The van der Waals surface area contributed by atoms with E-state index < -0.39 is 18.1 Å². The van der Waals surface area contributed by atoms with Crippen LogP contribution in [-0.4, -0.2) is 18.3 Å². The van der Waals surface area contributed by atoms with Crippen molar-refractivity contribution in [2.45, 2.75) is 25.6 Å². The zero-order valence-electron chi connectivity index (χ0n) is 13.2. The molecule has 0 amide bonds. The van der Waals surface area contributed by atoms with Gasteiger partial charge in [0.05, 0.1) is 5.56 Å². The number of hydrogen-bond donors (Lipinski definition) is 0. The summed E-state index contributed by atoms with van der Waals surface area (Å²) in [5.74, 6) is -0.328. The van der Waals surface area contributed by atoms with Gasteiger partial charge in [-0.25, -0.2) is 0 Å². The van der Waals surface area contributed by atoms with E-state index in [1.165, 1.54) is 30.3 Å². The van der Waals surface area contributed by atoms with Gasteiger partial charge in [0.15, 0.2) is 0 Å². The quantitative estimate of drug-likeness (QED) is 0.674. The minimum absolute atomic E-state index is 0.0858. The zero-order chi connectivity index (χ0) is 18.7. The summed E-state index contributed by atoms with van der Waals surface area (Å²) in [6.45, 7) is 0.229. The Morgan fingerprint density at radius 3 is 2.20 bits per heavy atom. The molecule has 0 spiro atoms. The number of ether oxygens (including phenoxy) is 1. The third-order valence-electron chi connectivity index (χ3n) is 3.35. The van der Waals surface area contributed by atoms with Crippen LogP contribution in [0.1, 0.15) is 16.7 Å². The lowest BCUT2D eigenvalue weighted by Crippen LogP contribution is -2.21. The first kappa shape index (κ1) is 19.1. The maximum Gasteiger partial charge on any atom is 0.573 e. The number of nitrogens with zero attached hydrogens (tertiary/aromatic N) is 1. The van der Waals surface area contributed by atoms with E-state index in [1.54, 1.807) is 18.0 Å². The van der Waals surface area contributed by atoms with Crippen LogP contribution >= 0.6 is 0 Å². The maximum absolute atomic E-state index is 12.7. The van der Waals surface area contributed by atoms with Crippen LogP contribution in [-0.2, 0) is 19.3 Å². The monoisotopic (exact) mass is 363 g/mol. The smallest absolute Gasteiger partial charge is 0.405 e. The highest BCUT2D eigenvalue weighted by atomic mass is 19.4. The molecule has 0 aliphatic rings. The first-order valence-electron chi connectivity index (χ1n) is 7.23. The average molecular weight is 363 g/mol. The molecule has 0 saturated heterocycles. The predicted octanol–water partition coefficient (Wildman–Crippen LogP) is 5.24. The predicted molar refractivity (Wildman–Crippen MR) is 79.7 cm³/mol. The van der Waals surface area contributed by atoms with E-state index in [0.29, 0.717) is 5.56 Å². The molecular weight excluding hydrogens is 348 g/mol. The molecule has 0 aromatic heterocycles. The molecule has 0 fully saturated rings. The van der Waals surface area contributed by atoms with Crippen molar-refractivity contribution in [3.05, 3.63) is 65.2 Å². The van der Waals surface area contributed by atoms with E-state index >= 15 is 0 Å². The molecule has 136 valence electrons. The molecule has 2 rings (SSSR count). The van der Waals surface area contributed by atoms with Gasteiger partial charge in [-0.3, -0.25) is 4.90 Å². The van der Waals surface area contributed by atoms with E-state index in [2.05, 4.69) is 4.74 Å². The molecule has 0 atom stereocenters. The molecule has 8 heteroatoms. The number of hydrogen-bond acceptors (Lipinski definition) is 2. The summed E-state index contributed by atoms with van der Waals surface area (Å²) in [5.41, 5.74) is -0.0694. The molecule has 0 bridgehead atoms. The summed E-state index contributed by atoms with van der Waals surface area (Å²) in [4.78, 5) is 1.61. The van der Waals surface area contributed by atoms with Crippen molar-refractivity contribution in [1.29, 1.82) is 0 Å². The molecule has 0 N–H and O–H groups in total. The Labute approximate surface area is 140 Å². The van der Waals surface area contributed by atoms with Crippen molar-refractivity contribution in [3.8, 4) is 5.75 Å². The van der Waals surface area contributed by atoms with Crippen molar-refractivity contribution < 1.29 is 31.1 Å². The molecular formula is C17H15F6NO. The molecule has 2 aromatic carbocycles. The normalized spacial score (nSPS) is 12.5. The molecule has 25 heavy (non-hydrogen) atoms. The molecule has 0 aliphatic heterocycles. The molecule has 0 unspecified atom stereocenters. The zero-order valence-corrected chi connectivity index (χ0v) is 13.2. The van der Waals surface area contributed by atoms with E-state index in [-0.39, 0.29) is 24.4 Å². The third kappa shape index (κ3) is 5.97. The van der Waals surface area contributed by atoms with Crippen LogP contribution < -0.4 is 4.74 Å². The van der Waals surface area contributed by atoms with Crippen LogP contribution in [0.2, 0.25) is 0 Å². The first-order chi connectivity index (χ1) is 11.5. The summed E-state index contributed by atoms with van der Waals surface area (Å²) in [7, 11) is 1.60. The number of halogens is 6. The van der Waals surface area contributed by atoms with Crippen LogP contribution in [0, 0.1) is 0 Å². The topological polar surface area (TPSA) is 12.5 Å². The fraction of sp³-hybridized carbons (Fsp3) is 0.294. The van der Waals surface area contributed by atoms with E-state index in [0.717, 1.165) is 12.1 Å². The van der Waals surface area contributed by atoms with Gasteiger partial charge in [0.1, 0.15) is 5.75 Å². The Kier molecular flexibility index (Phi) is 5.62. The van der Waals surface area contributed by atoms with Crippen molar-refractivity contribution in [1.82, 2.24) is 4.90 Å². The minimum atomic E-state index is -4.81. The van der Waals surface area contributed by atoms with Crippen LogP contribution in [0.4, 0.5) is 26.3 Å². The average Bonchev–Trinajstić information content (AvgIpc) is 2.47. The largest absolute Gasteiger partial charge is 0.573 e. The number of alkyl halides is 6. The molecule has 0 saturated carbocycles. The van der Waals surface area contributed by atoms with E-state index in [1.807, 2.05) is 0 Å². The van der Waals surface area contributed by atoms with Gasteiger partial charge in [0.2, 0.25) is 0 Å². The Bertz CT molecular complexity index is 711. The van der Waals surface area contributed by atoms with Crippen LogP contribution in [0.15, 0.2) is 48.5 Å². The summed E-state index contributed by atoms with van der Waals surface area (Å²) in [6, 6.07) is 10.5. The summed E-state index contributed by atoms with van der Waals surface area (Å²) < 4.78 is 79.4. The van der Waals surface area contributed by atoms with Crippen molar-refractivity contribution >= 4 is 0 Å².